The first-order valence-corrected chi connectivity index (χ1v) is 50.4. The number of unbranched alkanes of at least 4 members (excludes halogenated alkanes) is 6. The largest absolute Gasteiger partial charge is 1.00 e. The minimum absolute atomic E-state index is 0. The summed E-state index contributed by atoms with van der Waals surface area (Å²) in [5.74, 6) is -5.02. The molecule has 0 aromatic rings. The molecule has 720 valence electrons. The van der Waals surface area contributed by atoms with Crippen LogP contribution in [0.3, 0.4) is 0 Å². The van der Waals surface area contributed by atoms with Crippen molar-refractivity contribution in [1.82, 2.24) is 10.6 Å². The molecule has 0 bridgehead atoms. The van der Waals surface area contributed by atoms with Crippen molar-refractivity contribution in [3.8, 4) is 0 Å². The van der Waals surface area contributed by atoms with E-state index in [2.05, 4.69) is 66.9 Å². The van der Waals surface area contributed by atoms with Gasteiger partial charge in [0.05, 0.1) is 26.4 Å². The fourth-order valence-electron chi connectivity index (χ4n) is 9.37. The van der Waals surface area contributed by atoms with Crippen LogP contribution in [-0.2, 0) is 262 Å². The number of hydrogen-bond acceptors (Lipinski definition) is 70. The predicted octanol–water partition coefficient (Wildman–Crippen LogP) is -65.7. The van der Waals surface area contributed by atoms with Crippen LogP contribution in [0.25, 0.3) is 0 Å². The van der Waals surface area contributed by atoms with Crippen LogP contribution >= 0.6 is 0 Å². The van der Waals surface area contributed by atoms with E-state index >= 15 is 0 Å². The summed E-state index contributed by atoms with van der Waals surface area (Å²) in [7, 11) is -108. The van der Waals surface area contributed by atoms with E-state index in [-0.39, 0.29) is 505 Å². The summed E-state index contributed by atoms with van der Waals surface area (Å²) < 4.78 is 655. The van der Waals surface area contributed by atoms with Crippen LogP contribution in [0.5, 0.6) is 0 Å². The first-order chi connectivity index (χ1) is 53.8. The van der Waals surface area contributed by atoms with E-state index in [0.717, 1.165) is 0 Å². The molecule has 2 N–H and O–H groups in total. The second-order valence-corrected chi connectivity index (χ2v) is 38.1. The van der Waals surface area contributed by atoms with Gasteiger partial charge in [0, 0.05) is 13.1 Å². The topological polar surface area (TPSA) is 1160 Å². The second-order valence-electron chi connectivity index (χ2n) is 21.8. The van der Waals surface area contributed by atoms with Crippen LogP contribution in [0, 0.1) is 0 Å². The van der Waals surface area contributed by atoms with Gasteiger partial charge >= 0.3 is 473 Å². The van der Waals surface area contributed by atoms with Gasteiger partial charge in [0.2, 0.25) is 166 Å². The summed E-state index contributed by atoms with van der Waals surface area (Å²) in [6, 6.07) is 0. The Kier molecular flexibility index (Phi) is 104. The van der Waals surface area contributed by atoms with Gasteiger partial charge < -0.3 is 102 Å². The van der Waals surface area contributed by atoms with Crippen LogP contribution < -0.4 is 484 Å². The Bertz CT molecular complexity index is 5220. The van der Waals surface area contributed by atoms with Crippen LogP contribution in [-0.4, -0.2) is 369 Å². The zero-order valence-corrected chi connectivity index (χ0v) is 118. The van der Waals surface area contributed by atoms with Crippen molar-refractivity contribution in [2.45, 2.75) is 155 Å². The SMILES string of the molecule is O=C(NCCCCCCCCCNC(=O)[C@H](OS(=O)(=O)[O-])[C@@H](OS(=O)(=O)[O-])[C@H](O[C@@H]1O[C@H](COS(=O)(=O)[O-])[C@H](OS(=O)(=O)[O-])[C@H](OS(=O)(=O)[O-])[C@H]1OS(=O)(=O)[O-])[C@@H](COS(=O)(=O)[O-])OS(=O)(=O)[O-])[C@@H](OS(=O)(=O)[O-])[C@H](OS(=O)(=O)[O-])[C@@H](O[C@H]1O[C@@H](COS(=O)(=O)[O-])[C@@H](OS(=O)(=O)[O-])[C@@H](OS(=O)(=O)[O-])[C@@H]1OS(=O)(=O)[O-])[C@H](COS(=O)(=O)[O-])OS(=O)(=O)[O-].[Na+].[Na+].[Na+].[Na+].[Na+].[Na+].[Na+].[Na+].[Na+].[Na+].[Na+].[Na+].[Na+].[Na+].[Na+].[Na+]. The summed E-state index contributed by atoms with van der Waals surface area (Å²) in [6.45, 7) is -12.4. The Morgan fingerprint density at radius 2 is 0.431 bits per heavy atom. The van der Waals surface area contributed by atoms with E-state index in [1.165, 1.54) is 0 Å². The molecule has 18 atom stereocenters. The maximum Gasteiger partial charge on any atom is 1.00 e. The van der Waals surface area contributed by atoms with E-state index in [9.17, 15) is 217 Å². The third-order valence-corrected chi connectivity index (χ3v) is 20.2. The summed E-state index contributed by atoms with van der Waals surface area (Å²) in [4.78, 5) is 27.8. The molecule has 2 saturated heterocycles. The monoisotopic (exact) mass is 2470 g/mol. The molecule has 2 fully saturated rings. The molecule has 0 radical (unpaired) electrons. The van der Waals surface area contributed by atoms with Crippen molar-refractivity contribution in [3.63, 3.8) is 0 Å². The molecule has 2 heterocycles. The summed E-state index contributed by atoms with van der Waals surface area (Å²) >= 11 is 0. The number of carbonyl (C=O) groups is 2. The smallest absolute Gasteiger partial charge is 0.726 e. The van der Waals surface area contributed by atoms with Crippen LogP contribution in [0.15, 0.2) is 0 Å². The first kappa shape index (κ1) is 182. The zero-order valence-electron chi connectivity index (χ0n) is 72.7. The average Bonchev–Trinajstić information content (AvgIpc) is 0.764. The van der Waals surface area contributed by atoms with Gasteiger partial charge in [-0.3, -0.25) is 76.5 Å². The molecule has 2 aliphatic rings. The van der Waals surface area contributed by atoms with Crippen LogP contribution in [0.2, 0.25) is 0 Å². The Morgan fingerprint density at radius 1 is 0.234 bits per heavy atom. The van der Waals surface area contributed by atoms with Gasteiger partial charge in [0.15, 0.2) is 37.0 Å². The number of nitrogens with one attached hydrogen (secondary N) is 2. The molecule has 72 nitrogen and oxygen atoms in total. The molecule has 104 heteroatoms. The quantitative estimate of drug-likeness (QED) is 0.0247. The van der Waals surface area contributed by atoms with Gasteiger partial charge in [-0.05, 0) is 12.8 Å². The molecule has 137 heavy (non-hydrogen) atoms. The van der Waals surface area contributed by atoms with Gasteiger partial charge in [-0.1, -0.05) is 32.1 Å². The Morgan fingerprint density at radius 3 is 0.628 bits per heavy atom. The second kappa shape index (κ2) is 78.2. The van der Waals surface area contributed by atoms with E-state index < -0.39 is 341 Å². The van der Waals surface area contributed by atoms with Gasteiger partial charge in [-0.25, -0.2) is 135 Å². The Balaban J connectivity index is -0.000000716. The third-order valence-electron chi connectivity index (χ3n) is 13.0. The zero-order chi connectivity index (χ0) is 94.3. The Hall–Kier alpha value is 12.7. The van der Waals surface area contributed by atoms with E-state index in [1.54, 1.807) is 10.6 Å². The molecular weight excluding hydrogens is 2430 g/mol. The van der Waals surface area contributed by atoms with Crippen molar-refractivity contribution in [1.29, 1.82) is 0 Å². The maximum atomic E-state index is 13.9. The number of rotatable bonds is 58. The van der Waals surface area contributed by atoms with Gasteiger partial charge in [-0.15, -0.1) is 0 Å². The Labute approximate surface area is 1140 Å². The molecule has 0 spiro atoms. The molecule has 0 saturated carbocycles. The molecule has 2 amide bonds. The first-order valence-electron chi connectivity index (χ1n) is 29.0. The van der Waals surface area contributed by atoms with E-state index in [1.807, 2.05) is 0 Å². The minimum Gasteiger partial charge on any atom is -0.726 e. The molecule has 0 aliphatic carbocycles. The summed E-state index contributed by atoms with van der Waals surface area (Å²) in [6.07, 6.45) is -73.6. The van der Waals surface area contributed by atoms with Crippen molar-refractivity contribution in [3.05, 3.63) is 0 Å². The molecule has 2 aliphatic heterocycles. The van der Waals surface area contributed by atoms with Crippen molar-refractivity contribution < 1.29 is 776 Å². The third kappa shape index (κ3) is 88.0. The van der Waals surface area contributed by atoms with E-state index in [4.69, 9.17) is 18.9 Å². The van der Waals surface area contributed by atoms with Gasteiger partial charge in [-0.2, -0.15) is 0 Å². The standard InChI is InChI=1S/C33H62N2O70S16.16Na/c36-30(26(102-118(74,75)76)22(98-114(62,63)64)18(16(94-110(50,51)52)12-88-108(44,45)46)92-32-28(104-120(80,81)82)24(100-116(68,69)70)20(96-112(56,57)58)14(90-32)10-86-106(38,39)40)34-8-6-4-2-1-3-5-7-9-35-31(37)27(103-119(77,78)79)23(99-115(65,66)67)19(17(95-111(53,54)55)13-89-109(47,48)49)93-33-29(105-121(83,84)85)25(101-117(71,72)73)21(97-113(59,60)61)15(91-33)11-87-107(41,42)43;;;;;;;;;;;;;;;;/h14-29,32-33H,1-13H2,(H,34,36)(H,35,37)(H,38,39,40)(H,41,42,43)(H,44,45,46)(H,47,48,49)(H,50,51,52)(H,53,54,55)(H,56,57,58)(H,59,60,61)(H,62,63,64)(H,65,66,67)(H,68,69,70)(H,71,72,73)(H,74,75,76)(H,77,78,79)(H,80,81,82)(H,83,84,85);;;;;;;;;;;;;;;;/q;16*+1/p-16/t14-,15+,16-,17+,18-,19+,20+,21-,22+,23-,24+,25-,26-,27+,28-,29+,32+,33-;;;;;;;;;;;;;;;;. The predicted molar refractivity (Wildman–Crippen MR) is 323 cm³/mol. The number of hydrogen-bond donors (Lipinski definition) is 2. The van der Waals surface area contributed by atoms with E-state index in [0.29, 0.717) is 0 Å². The van der Waals surface area contributed by atoms with Crippen molar-refractivity contribution in [2.24, 2.45) is 0 Å². The van der Waals surface area contributed by atoms with Gasteiger partial charge in [0.1, 0.15) is 73.2 Å². The summed E-state index contributed by atoms with van der Waals surface area (Å²) in [5.41, 5.74) is 0. The fourth-order valence-corrected chi connectivity index (χ4v) is 16.3. The number of carbonyl (C=O) groups excluding carboxylic acids is 2. The minimum atomic E-state index is -7.07. The maximum absolute atomic E-state index is 13.9. The van der Waals surface area contributed by atoms with Crippen molar-refractivity contribution in [2.75, 3.05) is 39.5 Å². The molecule has 2 rings (SSSR count). The average molecular weight is 2470 g/mol. The van der Waals surface area contributed by atoms with Crippen LogP contribution in [0.4, 0.5) is 0 Å². The summed E-state index contributed by atoms with van der Waals surface area (Å²) in [5, 5.41) is 3.13. The fraction of sp³-hybridized carbons (Fsp3) is 0.939. The number of amides is 2. The van der Waals surface area contributed by atoms with Gasteiger partial charge in [0.25, 0.3) is 11.8 Å². The normalized spacial score (nSPS) is 20.9. The van der Waals surface area contributed by atoms with Crippen LogP contribution in [0.1, 0.15) is 44.9 Å². The molecule has 0 unspecified atom stereocenters. The molecule has 0 aromatic carbocycles. The van der Waals surface area contributed by atoms with Crippen molar-refractivity contribution >= 4 is 178 Å². The molecular formula is C33H46N2Na16O70S16. The molecule has 0 aromatic heterocycles. The number of ether oxygens (including phenoxy) is 4.